The van der Waals surface area contributed by atoms with Crippen molar-refractivity contribution in [1.29, 1.82) is 0 Å². The number of carbonyl (C=O) groups excluding carboxylic acids is 1. The van der Waals surface area contributed by atoms with Crippen molar-refractivity contribution in [2.24, 2.45) is 5.41 Å². The lowest BCUT2D eigenvalue weighted by Gasteiger charge is -2.54. The van der Waals surface area contributed by atoms with Crippen LogP contribution in [-0.2, 0) is 20.7 Å². The van der Waals surface area contributed by atoms with Crippen LogP contribution in [0.5, 0.6) is 11.5 Å². The molecule has 49 heavy (non-hydrogen) atoms. The van der Waals surface area contributed by atoms with Crippen molar-refractivity contribution in [3.8, 4) is 11.5 Å². The van der Waals surface area contributed by atoms with Gasteiger partial charge < -0.3 is 33.5 Å². The summed E-state index contributed by atoms with van der Waals surface area (Å²) >= 11 is -2.27. The average Bonchev–Trinajstić information content (AvgIpc) is 3.06. The molecule has 4 fully saturated rings. The van der Waals surface area contributed by atoms with Crippen molar-refractivity contribution in [2.75, 3.05) is 57.4 Å². The number of carbonyl (C=O) groups is 1. The highest BCUT2D eigenvalue weighted by Crippen LogP contribution is 2.45. The number of piperidine rings is 1. The van der Waals surface area contributed by atoms with Gasteiger partial charge in [0.15, 0.2) is 11.6 Å². The van der Waals surface area contributed by atoms with E-state index in [9.17, 15) is 17.9 Å². The second-order valence-electron chi connectivity index (χ2n) is 14.6. The van der Waals surface area contributed by atoms with Crippen molar-refractivity contribution in [1.82, 2.24) is 24.1 Å². The van der Waals surface area contributed by atoms with E-state index in [0.717, 1.165) is 71.2 Å². The molecule has 12 nitrogen and oxygen atoms in total. The summed E-state index contributed by atoms with van der Waals surface area (Å²) in [6.45, 7) is 13.9. The molecule has 0 N–H and O–H groups in total. The molecule has 1 aromatic carbocycles. The standard InChI is InChI=1S/C35H51FN6O6S/c1-24(2)41(25(3)4)34(43)30-17-26(36)5-8-31(30)48-32-18-37-23-38-33(32)40-21-35(22-40)11-13-39(14-12-35)19-29-7-6-28(20-47-29)42(49(44)45)27-9-15-46-16-10-27/h5,8,17-18,23-25,27-29H,6-7,9-16,19-22H2,1-4H3,(H,44,45)/p-1/t28-,29+/m1/s1. The number of hydrogen-bond donors (Lipinski definition) is 0. The summed E-state index contributed by atoms with van der Waals surface area (Å²) in [4.78, 5) is 28.7. The highest BCUT2D eigenvalue weighted by molar-refractivity contribution is 7.76. The molecule has 0 saturated carbocycles. The zero-order valence-corrected chi connectivity index (χ0v) is 29.9. The number of ether oxygens (including phenoxy) is 3. The number of rotatable bonds is 11. The van der Waals surface area contributed by atoms with Gasteiger partial charge in [0.05, 0.1) is 24.5 Å². The summed E-state index contributed by atoms with van der Waals surface area (Å²) in [5.41, 5.74) is 0.352. The Bertz CT molecular complexity index is 1450. The number of anilines is 1. The summed E-state index contributed by atoms with van der Waals surface area (Å²) in [6, 6.07) is 3.78. The van der Waals surface area contributed by atoms with Gasteiger partial charge in [0.25, 0.3) is 5.91 Å². The molecule has 1 unspecified atom stereocenters. The van der Waals surface area contributed by atoms with E-state index >= 15 is 0 Å². The fourth-order valence-electron chi connectivity index (χ4n) is 8.05. The lowest BCUT2D eigenvalue weighted by atomic mass is 9.72. The number of benzene rings is 1. The molecule has 2 aromatic rings. The molecule has 14 heteroatoms. The normalized spacial score (nSPS) is 24.0. The van der Waals surface area contributed by atoms with Crippen molar-refractivity contribution in [3.63, 3.8) is 0 Å². The number of aromatic nitrogens is 2. The number of nitrogens with zero attached hydrogens (tertiary/aromatic N) is 6. The minimum Gasteiger partial charge on any atom is -0.760 e. The molecule has 3 atom stereocenters. The van der Waals surface area contributed by atoms with Gasteiger partial charge >= 0.3 is 0 Å². The monoisotopic (exact) mass is 701 g/mol. The molecule has 1 spiro atoms. The van der Waals surface area contributed by atoms with Gasteiger partial charge in [-0.3, -0.25) is 9.00 Å². The summed E-state index contributed by atoms with van der Waals surface area (Å²) in [6.07, 6.45) is 8.46. The second-order valence-corrected chi connectivity index (χ2v) is 15.5. The van der Waals surface area contributed by atoms with E-state index in [1.165, 1.54) is 24.5 Å². The summed E-state index contributed by atoms with van der Waals surface area (Å²) < 4.78 is 58.2. The maximum absolute atomic E-state index is 14.4. The van der Waals surface area contributed by atoms with Crippen LogP contribution in [0.15, 0.2) is 30.7 Å². The quantitative estimate of drug-likeness (QED) is 0.312. The van der Waals surface area contributed by atoms with Crippen molar-refractivity contribution >= 4 is 23.0 Å². The molecular weight excluding hydrogens is 651 g/mol. The zero-order chi connectivity index (χ0) is 34.7. The van der Waals surface area contributed by atoms with Crippen molar-refractivity contribution in [3.05, 3.63) is 42.1 Å². The van der Waals surface area contributed by atoms with Crippen LogP contribution in [0.25, 0.3) is 0 Å². The van der Waals surface area contributed by atoms with E-state index in [-0.39, 0.29) is 52.9 Å². The molecule has 1 aromatic heterocycles. The molecule has 270 valence electrons. The van der Waals surface area contributed by atoms with Crippen LogP contribution in [0.3, 0.4) is 0 Å². The van der Waals surface area contributed by atoms with Crippen LogP contribution >= 0.6 is 0 Å². The third-order valence-corrected chi connectivity index (χ3v) is 11.5. The molecule has 4 saturated heterocycles. The molecule has 0 radical (unpaired) electrons. The summed E-state index contributed by atoms with van der Waals surface area (Å²) in [5.74, 6) is 0.569. The van der Waals surface area contributed by atoms with Crippen molar-refractivity contribution < 1.29 is 32.2 Å². The first-order chi connectivity index (χ1) is 23.5. The fourth-order valence-corrected chi connectivity index (χ4v) is 8.91. The predicted octanol–water partition coefficient (Wildman–Crippen LogP) is 4.39. The van der Waals surface area contributed by atoms with E-state index in [0.29, 0.717) is 31.4 Å². The van der Waals surface area contributed by atoms with Gasteiger partial charge in [-0.25, -0.2) is 18.7 Å². The third kappa shape index (κ3) is 8.26. The maximum Gasteiger partial charge on any atom is 0.258 e. The summed E-state index contributed by atoms with van der Waals surface area (Å²) in [7, 11) is 0. The van der Waals surface area contributed by atoms with Gasteiger partial charge in [0, 0.05) is 73.7 Å². The Morgan fingerprint density at radius 2 is 1.80 bits per heavy atom. The minimum absolute atomic E-state index is 0.00229. The molecule has 5 heterocycles. The Kier molecular flexibility index (Phi) is 11.5. The molecule has 4 aliphatic heterocycles. The number of amides is 1. The molecule has 1 amide bonds. The first-order valence-electron chi connectivity index (χ1n) is 17.7. The van der Waals surface area contributed by atoms with Crippen LogP contribution in [0.1, 0.15) is 76.6 Å². The smallest absolute Gasteiger partial charge is 0.258 e. The van der Waals surface area contributed by atoms with Crippen LogP contribution in [0, 0.1) is 11.2 Å². The van der Waals surface area contributed by atoms with Gasteiger partial charge in [0.1, 0.15) is 17.9 Å². The lowest BCUT2D eigenvalue weighted by molar-refractivity contribution is -0.0548. The van der Waals surface area contributed by atoms with Crippen molar-refractivity contribution in [2.45, 2.75) is 96.5 Å². The van der Waals surface area contributed by atoms with Crippen LogP contribution in [0.2, 0.25) is 0 Å². The topological polar surface area (TPSA) is 124 Å². The van der Waals surface area contributed by atoms with E-state index in [2.05, 4.69) is 19.8 Å². The van der Waals surface area contributed by atoms with Crippen LogP contribution in [-0.4, -0.2) is 122 Å². The molecular formula is C35H50FN6O6S-. The Balaban J connectivity index is 1.02. The zero-order valence-electron chi connectivity index (χ0n) is 29.1. The first kappa shape index (κ1) is 36.1. The summed E-state index contributed by atoms with van der Waals surface area (Å²) in [5, 5.41) is 0. The fraction of sp³-hybridized carbons (Fsp3) is 0.686. The lowest BCUT2D eigenvalue weighted by Crippen LogP contribution is -2.61. The van der Waals surface area contributed by atoms with Gasteiger partial charge in [0.2, 0.25) is 0 Å². The maximum atomic E-state index is 14.4. The number of hydrogen-bond acceptors (Lipinski definition) is 10. The Morgan fingerprint density at radius 3 is 2.43 bits per heavy atom. The minimum atomic E-state index is -2.27. The van der Waals surface area contributed by atoms with Gasteiger partial charge in [-0.2, -0.15) is 0 Å². The Morgan fingerprint density at radius 1 is 1.08 bits per heavy atom. The van der Waals surface area contributed by atoms with Crippen LogP contribution < -0.4 is 9.64 Å². The molecule has 6 rings (SSSR count). The highest BCUT2D eigenvalue weighted by Gasteiger charge is 2.46. The first-order valence-corrected chi connectivity index (χ1v) is 18.7. The SMILES string of the molecule is CC(C)N(C(=O)c1cc(F)ccc1Oc1cncnc1N1CC2(CCN(C[C@@H]3CC[C@@H](N(C4CCOCC4)S(=O)[O-])CO3)CC2)C1)C(C)C. The number of likely N-dealkylation sites (tertiary alicyclic amines) is 1. The molecule has 4 aliphatic rings. The van der Waals surface area contributed by atoms with E-state index in [1.54, 1.807) is 15.4 Å². The number of halogens is 1. The van der Waals surface area contributed by atoms with Gasteiger partial charge in [-0.05, 0) is 97.5 Å². The highest BCUT2D eigenvalue weighted by atomic mass is 32.2. The molecule has 0 aliphatic carbocycles. The predicted molar refractivity (Wildman–Crippen MR) is 183 cm³/mol. The molecule has 0 bridgehead atoms. The van der Waals surface area contributed by atoms with Gasteiger partial charge in [-0.15, -0.1) is 0 Å². The average molecular weight is 702 g/mol. The third-order valence-electron chi connectivity index (χ3n) is 10.6. The largest absolute Gasteiger partial charge is 0.760 e. The Labute approximate surface area is 291 Å². The van der Waals surface area contributed by atoms with E-state index in [1.807, 2.05) is 27.7 Å². The van der Waals surface area contributed by atoms with Gasteiger partial charge in [-0.1, -0.05) is 0 Å². The second kappa shape index (κ2) is 15.6. The van der Waals surface area contributed by atoms with E-state index in [4.69, 9.17) is 14.2 Å². The Hall–Kier alpha value is -2.75. The van der Waals surface area contributed by atoms with E-state index < -0.39 is 17.1 Å². The van der Waals surface area contributed by atoms with Crippen LogP contribution in [0.4, 0.5) is 10.2 Å².